The molecule has 1 aromatic carbocycles. The van der Waals surface area contributed by atoms with E-state index >= 15 is 0 Å². The van der Waals surface area contributed by atoms with E-state index in [0.29, 0.717) is 0 Å². The zero-order valence-electron chi connectivity index (χ0n) is 7.84. The molecule has 0 amide bonds. The first-order chi connectivity index (χ1) is 7.03. The maximum absolute atomic E-state index is 6.25. The Morgan fingerprint density at radius 1 is 1.07 bits per heavy atom. The molecular weight excluding hydrogens is 254 g/mol. The van der Waals surface area contributed by atoms with Gasteiger partial charge in [-0.1, -0.05) is 59.1 Å². The Balaban J connectivity index is 2.54. The third-order valence-electron chi connectivity index (χ3n) is 2.15. The molecule has 0 bridgehead atoms. The van der Waals surface area contributed by atoms with Crippen molar-refractivity contribution in [3.05, 3.63) is 35.4 Å². The number of halogens is 3. The molecule has 5 heteroatoms. The van der Waals surface area contributed by atoms with E-state index in [1.807, 2.05) is 31.2 Å². The van der Waals surface area contributed by atoms with Gasteiger partial charge in [-0.3, -0.25) is 0 Å². The van der Waals surface area contributed by atoms with E-state index < -0.39 is 5.12 Å². The molecule has 78 valence electrons. The van der Waals surface area contributed by atoms with Gasteiger partial charge in [-0.05, 0) is 12.5 Å². The van der Waals surface area contributed by atoms with Crippen LogP contribution in [-0.4, -0.2) is 10.3 Å². The van der Waals surface area contributed by atoms with E-state index in [2.05, 4.69) is 9.98 Å². The molecule has 2 rings (SSSR count). The van der Waals surface area contributed by atoms with Crippen LogP contribution < -0.4 is 0 Å². The van der Waals surface area contributed by atoms with Crippen molar-refractivity contribution >= 4 is 45.1 Å². The van der Waals surface area contributed by atoms with Gasteiger partial charge >= 0.3 is 0 Å². The second-order valence-corrected chi connectivity index (χ2v) is 4.45. The molecule has 2 nitrogen and oxygen atoms in total. The highest BCUT2D eigenvalue weighted by atomic mass is 35.5. The molecule has 0 aromatic heterocycles. The highest BCUT2D eigenvalue weighted by Gasteiger charge is 2.35. The molecule has 0 unspecified atom stereocenters. The number of alkyl halides is 1. The summed E-state index contributed by atoms with van der Waals surface area (Å²) in [6.45, 7) is 1.94. The average Bonchev–Trinajstić information content (AvgIpc) is 2.42. The summed E-state index contributed by atoms with van der Waals surface area (Å²) in [4.78, 5) is 8.09. The van der Waals surface area contributed by atoms with Crippen LogP contribution in [0.25, 0.3) is 0 Å². The van der Waals surface area contributed by atoms with Crippen LogP contribution in [0.1, 0.15) is 11.1 Å². The number of benzene rings is 1. The quantitative estimate of drug-likeness (QED) is 0.545. The monoisotopic (exact) mass is 260 g/mol. The summed E-state index contributed by atoms with van der Waals surface area (Å²) in [5.74, 6) is 0. The first-order valence-corrected chi connectivity index (χ1v) is 5.42. The zero-order valence-corrected chi connectivity index (χ0v) is 10.1. The molecule has 1 aliphatic heterocycles. The number of hydrogen-bond acceptors (Lipinski definition) is 2. The molecular formula is C10H7Cl3N2. The van der Waals surface area contributed by atoms with Crippen molar-refractivity contribution in [2.45, 2.75) is 12.0 Å². The fourth-order valence-electron chi connectivity index (χ4n) is 1.43. The van der Waals surface area contributed by atoms with Crippen molar-refractivity contribution in [3.8, 4) is 0 Å². The second-order valence-electron chi connectivity index (χ2n) is 3.21. The molecule has 0 saturated heterocycles. The SMILES string of the molecule is Cc1ccccc1C1(Cl)N=C(Cl)C(Cl)=N1. The van der Waals surface area contributed by atoms with Gasteiger partial charge in [0.2, 0.25) is 0 Å². The molecule has 0 radical (unpaired) electrons. The highest BCUT2D eigenvalue weighted by molar-refractivity contribution is 7.01. The third-order valence-corrected chi connectivity index (χ3v) is 3.15. The maximum atomic E-state index is 6.25. The zero-order chi connectivity index (χ0) is 11.1. The largest absolute Gasteiger partial charge is 0.255 e. The van der Waals surface area contributed by atoms with Crippen molar-refractivity contribution in [1.29, 1.82) is 0 Å². The van der Waals surface area contributed by atoms with E-state index in [-0.39, 0.29) is 10.3 Å². The van der Waals surface area contributed by atoms with Crippen LogP contribution >= 0.6 is 34.8 Å². The fourth-order valence-corrected chi connectivity index (χ4v) is 2.22. The summed E-state index contributed by atoms with van der Waals surface area (Å²) in [5.41, 5.74) is 1.79. The number of rotatable bonds is 1. The van der Waals surface area contributed by atoms with Crippen LogP contribution in [0.5, 0.6) is 0 Å². The fraction of sp³-hybridized carbons (Fsp3) is 0.200. The lowest BCUT2D eigenvalue weighted by molar-refractivity contribution is 0.699. The minimum absolute atomic E-state index is 0.148. The Hall–Kier alpha value is -0.570. The van der Waals surface area contributed by atoms with E-state index in [0.717, 1.165) is 11.1 Å². The lowest BCUT2D eigenvalue weighted by Gasteiger charge is -2.16. The van der Waals surface area contributed by atoms with Gasteiger partial charge in [0.1, 0.15) is 0 Å². The van der Waals surface area contributed by atoms with Gasteiger partial charge in [0.25, 0.3) is 5.12 Å². The predicted octanol–water partition coefficient (Wildman–Crippen LogP) is 3.63. The molecule has 1 heterocycles. The first-order valence-electron chi connectivity index (χ1n) is 4.29. The van der Waals surface area contributed by atoms with Crippen molar-refractivity contribution in [3.63, 3.8) is 0 Å². The van der Waals surface area contributed by atoms with Gasteiger partial charge in [-0.25, -0.2) is 9.98 Å². The summed E-state index contributed by atoms with van der Waals surface area (Å²) < 4.78 is 0. The smallest absolute Gasteiger partial charge is 0.220 e. The van der Waals surface area contributed by atoms with Crippen LogP contribution in [0.15, 0.2) is 34.3 Å². The van der Waals surface area contributed by atoms with E-state index in [1.54, 1.807) is 0 Å². The second kappa shape index (κ2) is 3.78. The molecule has 1 aromatic rings. The molecule has 1 aliphatic rings. The normalized spacial score (nSPS) is 18.7. The van der Waals surface area contributed by atoms with Crippen LogP contribution in [0.3, 0.4) is 0 Å². The van der Waals surface area contributed by atoms with Crippen molar-refractivity contribution in [2.24, 2.45) is 9.98 Å². The standard InChI is InChI=1S/C10H7Cl3N2/c1-6-4-2-3-5-7(6)10(13)14-8(11)9(12)15-10/h2-5H,1H3. The number of aryl methyl sites for hydroxylation is 1. The minimum Gasteiger partial charge on any atom is -0.220 e. The van der Waals surface area contributed by atoms with Crippen LogP contribution in [-0.2, 0) is 5.12 Å². The van der Waals surface area contributed by atoms with Crippen LogP contribution in [0, 0.1) is 6.92 Å². The van der Waals surface area contributed by atoms with E-state index in [4.69, 9.17) is 34.8 Å². The summed E-state index contributed by atoms with van der Waals surface area (Å²) >= 11 is 17.8. The molecule has 0 saturated carbocycles. The Bertz CT molecular complexity index is 447. The van der Waals surface area contributed by atoms with E-state index in [1.165, 1.54) is 0 Å². The molecule has 0 atom stereocenters. The van der Waals surface area contributed by atoms with Crippen LogP contribution in [0.4, 0.5) is 0 Å². The maximum Gasteiger partial charge on any atom is 0.255 e. The van der Waals surface area contributed by atoms with Crippen molar-refractivity contribution < 1.29 is 0 Å². The molecule has 0 N–H and O–H groups in total. The molecule has 0 fully saturated rings. The van der Waals surface area contributed by atoms with Gasteiger partial charge in [0, 0.05) is 5.56 Å². The first kappa shape index (κ1) is 10.9. The number of aliphatic imine (C=N–C) groups is 2. The Labute approximate surface area is 103 Å². The summed E-state index contributed by atoms with van der Waals surface area (Å²) in [7, 11) is 0. The summed E-state index contributed by atoms with van der Waals surface area (Å²) in [6, 6.07) is 7.59. The molecule has 15 heavy (non-hydrogen) atoms. The Kier molecular flexibility index (Phi) is 2.75. The highest BCUT2D eigenvalue weighted by Crippen LogP contribution is 2.38. The van der Waals surface area contributed by atoms with Gasteiger partial charge in [0.05, 0.1) is 0 Å². The Morgan fingerprint density at radius 2 is 1.60 bits per heavy atom. The summed E-state index contributed by atoms with van der Waals surface area (Å²) in [5, 5.41) is -0.899. The third kappa shape index (κ3) is 1.89. The van der Waals surface area contributed by atoms with Gasteiger partial charge < -0.3 is 0 Å². The summed E-state index contributed by atoms with van der Waals surface area (Å²) in [6.07, 6.45) is 0. The average molecular weight is 262 g/mol. The van der Waals surface area contributed by atoms with Gasteiger partial charge in [-0.2, -0.15) is 0 Å². The van der Waals surface area contributed by atoms with Gasteiger partial charge in [0.15, 0.2) is 10.3 Å². The van der Waals surface area contributed by atoms with Gasteiger partial charge in [-0.15, -0.1) is 0 Å². The van der Waals surface area contributed by atoms with Crippen LogP contribution in [0.2, 0.25) is 0 Å². The molecule has 0 aliphatic carbocycles. The van der Waals surface area contributed by atoms with Crippen molar-refractivity contribution in [2.75, 3.05) is 0 Å². The van der Waals surface area contributed by atoms with E-state index in [9.17, 15) is 0 Å². The number of hydrogen-bond donors (Lipinski definition) is 0. The topological polar surface area (TPSA) is 24.7 Å². The predicted molar refractivity (Wildman–Crippen MR) is 65.3 cm³/mol. The Morgan fingerprint density at radius 3 is 2.13 bits per heavy atom. The minimum atomic E-state index is -1.19. The lowest BCUT2D eigenvalue weighted by atomic mass is 10.1. The number of nitrogens with zero attached hydrogens (tertiary/aromatic N) is 2. The molecule has 0 spiro atoms. The van der Waals surface area contributed by atoms with Crippen molar-refractivity contribution in [1.82, 2.24) is 0 Å². The lowest BCUT2D eigenvalue weighted by Crippen LogP contribution is -2.11.